The Hall–Kier alpha value is -1.22. The molecule has 1 aromatic rings. The number of halogens is 1. The quantitative estimate of drug-likeness (QED) is 0.757. The van der Waals surface area contributed by atoms with Crippen molar-refractivity contribution in [1.29, 1.82) is 0 Å². The van der Waals surface area contributed by atoms with Crippen LogP contribution in [0.25, 0.3) is 0 Å². The molecule has 1 saturated heterocycles. The maximum absolute atomic E-state index is 13.1. The zero-order valence-electron chi connectivity index (χ0n) is 12.2. The minimum atomic E-state index is -0.485. The molecule has 1 aliphatic heterocycles. The Labute approximate surface area is 114 Å². The molecule has 104 valence electrons. The summed E-state index contributed by atoms with van der Waals surface area (Å²) in [5.41, 5.74) is 0.505. The molecule has 0 aromatic heterocycles. The number of ketones is 1. The molecule has 1 atom stereocenters. The van der Waals surface area contributed by atoms with E-state index in [-0.39, 0.29) is 23.1 Å². The highest BCUT2D eigenvalue weighted by Gasteiger charge is 2.49. The van der Waals surface area contributed by atoms with Gasteiger partial charge < -0.3 is 4.74 Å². The van der Waals surface area contributed by atoms with Crippen molar-refractivity contribution < 1.29 is 13.9 Å². The number of benzene rings is 1. The number of hydrogen-bond acceptors (Lipinski definition) is 2. The van der Waals surface area contributed by atoms with E-state index in [4.69, 9.17) is 4.74 Å². The third-order valence-corrected chi connectivity index (χ3v) is 3.84. The van der Waals surface area contributed by atoms with Gasteiger partial charge in [0.05, 0.1) is 17.1 Å². The van der Waals surface area contributed by atoms with Crippen LogP contribution in [0.15, 0.2) is 18.2 Å². The van der Waals surface area contributed by atoms with Crippen molar-refractivity contribution in [2.75, 3.05) is 0 Å². The standard InChI is InChI=1S/C16H21FO2/c1-10-8-11(17)6-7-12(10)14(18)13-9-15(2,3)19-16(13,4)5/h6-8,13H,9H2,1-5H3. The van der Waals surface area contributed by atoms with Gasteiger partial charge in [0.1, 0.15) is 5.82 Å². The third-order valence-electron chi connectivity index (χ3n) is 3.84. The Morgan fingerprint density at radius 1 is 1.32 bits per heavy atom. The van der Waals surface area contributed by atoms with Crippen LogP contribution in [0, 0.1) is 18.7 Å². The Kier molecular flexibility index (Phi) is 3.29. The lowest BCUT2D eigenvalue weighted by molar-refractivity contribution is -0.0712. The molecule has 0 N–H and O–H groups in total. The Bertz CT molecular complexity index is 517. The van der Waals surface area contributed by atoms with Crippen molar-refractivity contribution >= 4 is 5.78 Å². The summed E-state index contributed by atoms with van der Waals surface area (Å²) < 4.78 is 19.1. The van der Waals surface area contributed by atoms with E-state index in [1.165, 1.54) is 12.1 Å². The van der Waals surface area contributed by atoms with Gasteiger partial charge in [-0.2, -0.15) is 0 Å². The second-order valence-corrected chi connectivity index (χ2v) is 6.55. The highest BCUT2D eigenvalue weighted by Crippen LogP contribution is 2.43. The lowest BCUT2D eigenvalue weighted by Crippen LogP contribution is -2.34. The smallest absolute Gasteiger partial charge is 0.169 e. The number of Topliss-reactive ketones (excluding diaryl/α,β-unsaturated/α-hetero) is 1. The second kappa shape index (κ2) is 4.41. The Morgan fingerprint density at radius 2 is 1.95 bits per heavy atom. The van der Waals surface area contributed by atoms with Crippen LogP contribution in [-0.4, -0.2) is 17.0 Å². The average Bonchev–Trinajstić information content (AvgIpc) is 2.45. The molecule has 19 heavy (non-hydrogen) atoms. The molecule has 1 aromatic carbocycles. The Morgan fingerprint density at radius 3 is 2.42 bits per heavy atom. The molecule has 1 heterocycles. The first kappa shape index (κ1) is 14.2. The van der Waals surface area contributed by atoms with E-state index >= 15 is 0 Å². The highest BCUT2D eigenvalue weighted by atomic mass is 19.1. The van der Waals surface area contributed by atoms with Crippen LogP contribution in [0.3, 0.4) is 0 Å². The molecule has 3 heteroatoms. The number of carbonyl (C=O) groups excluding carboxylic acids is 1. The number of ether oxygens (including phenoxy) is 1. The first-order valence-corrected chi connectivity index (χ1v) is 6.63. The molecular formula is C16H21FO2. The van der Waals surface area contributed by atoms with Crippen molar-refractivity contribution in [2.24, 2.45) is 5.92 Å². The fourth-order valence-electron chi connectivity index (χ4n) is 3.06. The van der Waals surface area contributed by atoms with Gasteiger partial charge in [-0.1, -0.05) is 0 Å². The number of rotatable bonds is 2. The predicted molar refractivity (Wildman–Crippen MR) is 72.8 cm³/mol. The van der Waals surface area contributed by atoms with Crippen LogP contribution in [-0.2, 0) is 4.74 Å². The van der Waals surface area contributed by atoms with E-state index in [1.807, 2.05) is 27.7 Å². The summed E-state index contributed by atoms with van der Waals surface area (Å²) in [4.78, 5) is 12.7. The van der Waals surface area contributed by atoms with E-state index in [0.717, 1.165) is 0 Å². The molecule has 0 saturated carbocycles. The highest BCUT2D eigenvalue weighted by molar-refractivity contribution is 6.00. The van der Waals surface area contributed by atoms with Gasteiger partial charge in [0, 0.05) is 5.56 Å². The van der Waals surface area contributed by atoms with Crippen molar-refractivity contribution in [2.45, 2.75) is 52.2 Å². The lowest BCUT2D eigenvalue weighted by atomic mass is 9.81. The predicted octanol–water partition coefficient (Wildman–Crippen LogP) is 3.91. The van der Waals surface area contributed by atoms with E-state index in [2.05, 4.69) is 0 Å². The molecule has 1 aliphatic rings. The molecule has 2 nitrogen and oxygen atoms in total. The summed E-state index contributed by atoms with van der Waals surface area (Å²) in [5, 5.41) is 0. The van der Waals surface area contributed by atoms with Gasteiger partial charge in [0.15, 0.2) is 5.78 Å². The van der Waals surface area contributed by atoms with Crippen LogP contribution in [0.5, 0.6) is 0 Å². The monoisotopic (exact) mass is 264 g/mol. The first-order chi connectivity index (χ1) is 8.62. The molecule has 1 unspecified atom stereocenters. The minimum absolute atomic E-state index is 0.0491. The Balaban J connectivity index is 2.34. The maximum atomic E-state index is 13.1. The fraction of sp³-hybridized carbons (Fsp3) is 0.562. The molecule has 1 fully saturated rings. The minimum Gasteiger partial charge on any atom is -0.369 e. The van der Waals surface area contributed by atoms with Gasteiger partial charge in [-0.3, -0.25) is 4.79 Å². The SMILES string of the molecule is Cc1cc(F)ccc1C(=O)C1CC(C)(C)OC1(C)C. The van der Waals surface area contributed by atoms with E-state index in [9.17, 15) is 9.18 Å². The summed E-state index contributed by atoms with van der Waals surface area (Å²) in [6.45, 7) is 9.66. The van der Waals surface area contributed by atoms with Gasteiger partial charge in [-0.25, -0.2) is 4.39 Å². The van der Waals surface area contributed by atoms with Crippen molar-refractivity contribution in [3.63, 3.8) is 0 Å². The van der Waals surface area contributed by atoms with Crippen LogP contribution in [0.2, 0.25) is 0 Å². The average molecular weight is 264 g/mol. The van der Waals surface area contributed by atoms with Gasteiger partial charge in [0.25, 0.3) is 0 Å². The molecule has 2 rings (SSSR count). The summed E-state index contributed by atoms with van der Waals surface area (Å²) >= 11 is 0. The normalized spacial score (nSPS) is 24.4. The van der Waals surface area contributed by atoms with Crippen LogP contribution in [0.1, 0.15) is 50.0 Å². The van der Waals surface area contributed by atoms with Gasteiger partial charge >= 0.3 is 0 Å². The molecule has 0 amide bonds. The third kappa shape index (κ3) is 2.71. The molecule has 0 radical (unpaired) electrons. The lowest BCUT2D eigenvalue weighted by Gasteiger charge is -2.26. The van der Waals surface area contributed by atoms with Gasteiger partial charge in [-0.05, 0) is 64.8 Å². The molecule has 0 aliphatic carbocycles. The summed E-state index contributed by atoms with van der Waals surface area (Å²) in [5.74, 6) is -0.448. The van der Waals surface area contributed by atoms with Crippen LogP contribution < -0.4 is 0 Å². The zero-order chi connectivity index (χ0) is 14.4. The number of aryl methyl sites for hydroxylation is 1. The molecule has 0 bridgehead atoms. The number of hydrogen-bond donors (Lipinski definition) is 0. The topological polar surface area (TPSA) is 26.3 Å². The van der Waals surface area contributed by atoms with E-state index < -0.39 is 5.60 Å². The van der Waals surface area contributed by atoms with Gasteiger partial charge in [0.2, 0.25) is 0 Å². The summed E-state index contributed by atoms with van der Waals surface area (Å²) in [7, 11) is 0. The maximum Gasteiger partial charge on any atom is 0.169 e. The first-order valence-electron chi connectivity index (χ1n) is 6.63. The second-order valence-electron chi connectivity index (χ2n) is 6.55. The van der Waals surface area contributed by atoms with E-state index in [1.54, 1.807) is 13.0 Å². The van der Waals surface area contributed by atoms with Gasteiger partial charge in [-0.15, -0.1) is 0 Å². The number of carbonyl (C=O) groups is 1. The van der Waals surface area contributed by atoms with Crippen LogP contribution >= 0.6 is 0 Å². The van der Waals surface area contributed by atoms with Crippen LogP contribution in [0.4, 0.5) is 4.39 Å². The van der Waals surface area contributed by atoms with Crippen molar-refractivity contribution in [3.05, 3.63) is 35.1 Å². The summed E-state index contributed by atoms with van der Waals surface area (Å²) in [6.07, 6.45) is 0.690. The fourth-order valence-corrected chi connectivity index (χ4v) is 3.06. The molecular weight excluding hydrogens is 243 g/mol. The molecule has 0 spiro atoms. The summed E-state index contributed by atoms with van der Waals surface area (Å²) in [6, 6.07) is 4.32. The largest absolute Gasteiger partial charge is 0.369 e. The zero-order valence-corrected chi connectivity index (χ0v) is 12.2. The van der Waals surface area contributed by atoms with Crippen molar-refractivity contribution in [1.82, 2.24) is 0 Å². The van der Waals surface area contributed by atoms with Crippen molar-refractivity contribution in [3.8, 4) is 0 Å². The van der Waals surface area contributed by atoms with E-state index in [0.29, 0.717) is 17.5 Å².